The van der Waals surface area contributed by atoms with Gasteiger partial charge in [-0.25, -0.2) is 4.79 Å². The van der Waals surface area contributed by atoms with Crippen LogP contribution in [0.1, 0.15) is 43.1 Å². The van der Waals surface area contributed by atoms with Crippen molar-refractivity contribution < 1.29 is 33.6 Å². The maximum atomic E-state index is 13.4. The van der Waals surface area contributed by atoms with E-state index in [1.165, 1.54) is 0 Å². The van der Waals surface area contributed by atoms with Crippen LogP contribution < -0.4 is 24.8 Å². The average Bonchev–Trinajstić information content (AvgIpc) is 3.44. The summed E-state index contributed by atoms with van der Waals surface area (Å²) in [6.07, 6.45) is 0.814. The molecule has 10 nitrogen and oxygen atoms in total. The Bertz CT molecular complexity index is 1140. The first-order valence-corrected chi connectivity index (χ1v) is 14.8. The van der Waals surface area contributed by atoms with Crippen LogP contribution in [-0.4, -0.2) is 94.2 Å². The van der Waals surface area contributed by atoms with E-state index in [2.05, 4.69) is 31.4 Å². The van der Waals surface area contributed by atoms with Crippen LogP contribution in [0.15, 0.2) is 42.5 Å². The number of carbonyl (C=O) groups excluding carboxylic acids is 1. The summed E-state index contributed by atoms with van der Waals surface area (Å²) in [6, 6.07) is 13.0. The standard InChI is InChI=1S/C23H39N3O3.C9H8O4/c1-6-18-8-9-19(12-22(18)29-11-7-10-28-5)23(27)26(17(2)3)16-21-15-25-14-20(21)13-24-4;10-9(11)8-5-12-6-3-1-2-4-7(6)13-8/h8-9,12,17,20-21,24-25H,6-7,10-11,13-16H2,1-5H3;1-4,8H,5H2,(H,10,11)/t20-,21-;8-/m00/s1. The summed E-state index contributed by atoms with van der Waals surface area (Å²) in [5.74, 6) is 1.99. The number of nitrogens with zero attached hydrogens (tertiary/aromatic N) is 1. The van der Waals surface area contributed by atoms with Gasteiger partial charge >= 0.3 is 5.97 Å². The summed E-state index contributed by atoms with van der Waals surface area (Å²) in [5, 5.41) is 15.4. The third-order valence-corrected chi connectivity index (χ3v) is 7.49. The number of methoxy groups -OCH3 is 1. The third-order valence-electron chi connectivity index (χ3n) is 7.49. The number of para-hydroxylation sites is 2. The lowest BCUT2D eigenvalue weighted by Crippen LogP contribution is -2.43. The monoisotopic (exact) mass is 585 g/mol. The van der Waals surface area contributed by atoms with Crippen LogP contribution in [0.3, 0.4) is 0 Å². The summed E-state index contributed by atoms with van der Waals surface area (Å²) < 4.78 is 21.4. The van der Waals surface area contributed by atoms with Crippen molar-refractivity contribution in [3.8, 4) is 17.2 Å². The van der Waals surface area contributed by atoms with Crippen molar-refractivity contribution in [2.75, 3.05) is 60.2 Å². The Balaban J connectivity index is 0.000000307. The topological polar surface area (TPSA) is 119 Å². The molecule has 2 heterocycles. The lowest BCUT2D eigenvalue weighted by molar-refractivity contribution is -0.147. The summed E-state index contributed by atoms with van der Waals surface area (Å²) >= 11 is 0. The maximum Gasteiger partial charge on any atom is 0.348 e. The number of carboxylic acids is 1. The van der Waals surface area contributed by atoms with Crippen molar-refractivity contribution in [2.24, 2.45) is 11.8 Å². The number of hydrogen-bond acceptors (Lipinski definition) is 8. The Morgan fingerprint density at radius 2 is 1.86 bits per heavy atom. The first kappa shape index (κ1) is 33.2. The molecule has 1 fully saturated rings. The Morgan fingerprint density at radius 1 is 1.12 bits per heavy atom. The molecule has 2 aliphatic rings. The van der Waals surface area contributed by atoms with Crippen LogP contribution in [-0.2, 0) is 16.0 Å². The summed E-state index contributed by atoms with van der Waals surface area (Å²) in [7, 11) is 3.68. The fourth-order valence-electron chi connectivity index (χ4n) is 5.09. The van der Waals surface area contributed by atoms with Crippen LogP contribution in [0.4, 0.5) is 0 Å². The van der Waals surface area contributed by atoms with Crippen molar-refractivity contribution in [3.05, 3.63) is 53.6 Å². The van der Waals surface area contributed by atoms with Gasteiger partial charge in [0.15, 0.2) is 11.5 Å². The fourth-order valence-corrected chi connectivity index (χ4v) is 5.09. The predicted octanol–water partition coefficient (Wildman–Crippen LogP) is 3.48. The van der Waals surface area contributed by atoms with Crippen LogP contribution in [0, 0.1) is 11.8 Å². The van der Waals surface area contributed by atoms with E-state index in [1.54, 1.807) is 25.3 Å². The molecule has 4 rings (SSSR count). The van der Waals surface area contributed by atoms with Crippen molar-refractivity contribution in [1.82, 2.24) is 15.5 Å². The molecule has 42 heavy (non-hydrogen) atoms. The second-order valence-electron chi connectivity index (χ2n) is 10.9. The van der Waals surface area contributed by atoms with Crippen LogP contribution in [0.25, 0.3) is 0 Å². The van der Waals surface area contributed by atoms with E-state index in [1.807, 2.05) is 36.2 Å². The molecule has 3 N–H and O–H groups in total. The van der Waals surface area contributed by atoms with Crippen LogP contribution in [0.2, 0.25) is 0 Å². The van der Waals surface area contributed by atoms with E-state index in [0.717, 1.165) is 50.3 Å². The molecule has 0 spiro atoms. The lowest BCUT2D eigenvalue weighted by Gasteiger charge is -2.31. The smallest absolute Gasteiger partial charge is 0.348 e. The van der Waals surface area contributed by atoms with E-state index < -0.39 is 12.1 Å². The Morgan fingerprint density at radius 3 is 2.52 bits per heavy atom. The molecule has 0 radical (unpaired) electrons. The zero-order chi connectivity index (χ0) is 30.5. The highest BCUT2D eigenvalue weighted by atomic mass is 16.6. The highest BCUT2D eigenvalue weighted by Crippen LogP contribution is 2.31. The predicted molar refractivity (Wildman–Crippen MR) is 162 cm³/mol. The molecular weight excluding hydrogens is 538 g/mol. The second kappa shape index (κ2) is 16.9. The molecule has 1 saturated heterocycles. The van der Waals surface area contributed by atoms with Gasteiger partial charge in [-0.1, -0.05) is 25.1 Å². The molecule has 232 valence electrons. The number of carboxylic acid groups (broad SMARTS) is 1. The van der Waals surface area contributed by atoms with Gasteiger partial charge in [0.1, 0.15) is 12.4 Å². The number of carbonyl (C=O) groups is 2. The molecule has 2 aromatic carbocycles. The molecule has 0 aliphatic carbocycles. The second-order valence-corrected chi connectivity index (χ2v) is 10.9. The van der Waals surface area contributed by atoms with Gasteiger partial charge in [0.2, 0.25) is 6.10 Å². The maximum absolute atomic E-state index is 13.4. The van der Waals surface area contributed by atoms with Gasteiger partial charge in [-0.3, -0.25) is 4.79 Å². The van der Waals surface area contributed by atoms with Crippen molar-refractivity contribution in [2.45, 2.75) is 45.8 Å². The third kappa shape index (κ3) is 9.34. The number of fused-ring (bicyclic) bond motifs is 1. The minimum atomic E-state index is -1.01. The van der Waals surface area contributed by atoms with E-state index in [9.17, 15) is 9.59 Å². The first-order chi connectivity index (χ1) is 20.3. The minimum Gasteiger partial charge on any atom is -0.493 e. The normalized spacial score (nSPS) is 19.1. The van der Waals surface area contributed by atoms with Gasteiger partial charge in [-0.15, -0.1) is 0 Å². The highest BCUT2D eigenvalue weighted by molar-refractivity contribution is 5.95. The van der Waals surface area contributed by atoms with Gasteiger partial charge in [-0.05, 0) is 82.1 Å². The lowest BCUT2D eigenvalue weighted by atomic mass is 9.94. The van der Waals surface area contributed by atoms with Crippen molar-refractivity contribution >= 4 is 11.9 Å². The SMILES string of the molecule is CCc1ccc(C(=O)N(C[C@@H]2CNC[C@@H]2CNC)C(C)C)cc1OCCCOC.O=C(O)[C@@H]1COc2ccccc2O1. The Hall–Kier alpha value is -3.34. The van der Waals surface area contributed by atoms with Crippen LogP contribution >= 0.6 is 0 Å². The van der Waals surface area contributed by atoms with Crippen molar-refractivity contribution in [3.63, 3.8) is 0 Å². The molecule has 3 atom stereocenters. The molecule has 2 aliphatic heterocycles. The summed E-state index contributed by atoms with van der Waals surface area (Å²) in [6.45, 7) is 11.3. The number of amides is 1. The van der Waals surface area contributed by atoms with Crippen molar-refractivity contribution in [1.29, 1.82) is 0 Å². The number of rotatable bonds is 13. The number of aryl methyl sites for hydroxylation is 1. The molecule has 0 aromatic heterocycles. The number of ether oxygens (including phenoxy) is 4. The Kier molecular flexibility index (Phi) is 13.4. The van der Waals surface area contributed by atoms with Gasteiger partial charge < -0.3 is 39.6 Å². The minimum absolute atomic E-state index is 0.0619. The highest BCUT2D eigenvalue weighted by Gasteiger charge is 2.31. The van der Waals surface area contributed by atoms with E-state index in [4.69, 9.17) is 24.1 Å². The fraction of sp³-hybridized carbons (Fsp3) is 0.562. The molecule has 0 saturated carbocycles. The Labute approximate surface area is 249 Å². The van der Waals surface area contributed by atoms with E-state index in [-0.39, 0.29) is 18.6 Å². The van der Waals surface area contributed by atoms with E-state index in [0.29, 0.717) is 42.1 Å². The molecule has 1 amide bonds. The van der Waals surface area contributed by atoms with Gasteiger partial charge in [0.25, 0.3) is 5.91 Å². The van der Waals surface area contributed by atoms with E-state index >= 15 is 0 Å². The molecule has 10 heteroatoms. The quantitative estimate of drug-likeness (QED) is 0.304. The summed E-state index contributed by atoms with van der Waals surface area (Å²) in [5.41, 5.74) is 1.83. The number of hydrogen-bond donors (Lipinski definition) is 3. The number of aliphatic carboxylic acids is 1. The largest absolute Gasteiger partial charge is 0.493 e. The number of benzene rings is 2. The zero-order valence-corrected chi connectivity index (χ0v) is 25.6. The molecular formula is C32H47N3O7. The average molecular weight is 586 g/mol. The zero-order valence-electron chi connectivity index (χ0n) is 25.6. The van der Waals surface area contributed by atoms with Gasteiger partial charge in [0, 0.05) is 44.8 Å². The first-order valence-electron chi connectivity index (χ1n) is 14.8. The number of nitrogens with one attached hydrogen (secondary N) is 2. The molecule has 0 unspecified atom stereocenters. The molecule has 2 aromatic rings. The molecule has 0 bridgehead atoms. The van der Waals surface area contributed by atoms with Gasteiger partial charge in [0.05, 0.1) is 6.61 Å². The van der Waals surface area contributed by atoms with Gasteiger partial charge in [-0.2, -0.15) is 0 Å². The van der Waals surface area contributed by atoms with Crippen LogP contribution in [0.5, 0.6) is 17.2 Å². The summed E-state index contributed by atoms with van der Waals surface area (Å²) in [4.78, 5) is 26.0.